The molecule has 1 aliphatic rings. The Balaban J connectivity index is 1.73. The van der Waals surface area contributed by atoms with Gasteiger partial charge in [-0.05, 0) is 18.4 Å². The zero-order valence-electron chi connectivity index (χ0n) is 11.1. The van der Waals surface area contributed by atoms with Gasteiger partial charge in [0.15, 0.2) is 0 Å². The average Bonchev–Trinajstić information content (AvgIpc) is 3.04. The third-order valence-electron chi connectivity index (χ3n) is 3.76. The number of alkyl halides is 1. The molecule has 0 radical (unpaired) electrons. The Morgan fingerprint density at radius 2 is 2.37 bits per heavy atom. The van der Waals surface area contributed by atoms with Gasteiger partial charge in [-0.1, -0.05) is 18.2 Å². The van der Waals surface area contributed by atoms with E-state index < -0.39 is 6.17 Å². The topological polar surface area (TPSA) is 29.9 Å². The van der Waals surface area contributed by atoms with E-state index in [0.717, 1.165) is 30.0 Å². The predicted octanol–water partition coefficient (Wildman–Crippen LogP) is 3.03. The second-order valence-corrected chi connectivity index (χ2v) is 5.02. The van der Waals surface area contributed by atoms with Crippen LogP contribution in [0.2, 0.25) is 0 Å². The molecule has 3 rings (SSSR count). The summed E-state index contributed by atoms with van der Waals surface area (Å²) in [6.07, 6.45) is 4.85. The first-order valence-corrected chi connectivity index (χ1v) is 6.71. The van der Waals surface area contributed by atoms with Crippen molar-refractivity contribution in [2.45, 2.75) is 25.4 Å². The first-order chi connectivity index (χ1) is 9.25. The monoisotopic (exact) mass is 259 g/mol. The van der Waals surface area contributed by atoms with Gasteiger partial charge in [0.05, 0.1) is 0 Å². The Morgan fingerprint density at radius 1 is 1.47 bits per heavy atom. The second-order valence-electron chi connectivity index (χ2n) is 5.02. The van der Waals surface area contributed by atoms with Crippen LogP contribution in [0.25, 0.3) is 0 Å². The lowest BCUT2D eigenvalue weighted by Crippen LogP contribution is -2.03. The standard InChI is InChI=1S/C15H18FN3/c1-19-10-9-17-14(19)6-5-13(16)12-4-2-3-11-7-8-18-15(11)12/h2-4,9-10,13,18H,5-8H2,1H3. The van der Waals surface area contributed by atoms with Gasteiger partial charge in [-0.25, -0.2) is 9.37 Å². The number of imidazole rings is 1. The van der Waals surface area contributed by atoms with E-state index in [9.17, 15) is 4.39 Å². The van der Waals surface area contributed by atoms with Crippen LogP contribution in [0.1, 0.15) is 29.5 Å². The first-order valence-electron chi connectivity index (χ1n) is 6.71. The summed E-state index contributed by atoms with van der Waals surface area (Å²) in [6, 6.07) is 5.92. The largest absolute Gasteiger partial charge is 0.384 e. The Bertz CT molecular complexity index is 577. The quantitative estimate of drug-likeness (QED) is 0.914. The lowest BCUT2D eigenvalue weighted by Gasteiger charge is -2.13. The molecule has 0 spiro atoms. The van der Waals surface area contributed by atoms with Crippen molar-refractivity contribution >= 4 is 5.69 Å². The van der Waals surface area contributed by atoms with Crippen molar-refractivity contribution in [2.24, 2.45) is 7.05 Å². The van der Waals surface area contributed by atoms with E-state index in [1.54, 1.807) is 6.20 Å². The number of rotatable bonds is 4. The number of fused-ring (bicyclic) bond motifs is 1. The highest BCUT2D eigenvalue weighted by molar-refractivity contribution is 5.61. The van der Waals surface area contributed by atoms with Gasteiger partial charge < -0.3 is 9.88 Å². The summed E-state index contributed by atoms with van der Waals surface area (Å²) in [5, 5.41) is 3.29. The highest BCUT2D eigenvalue weighted by Gasteiger charge is 2.20. The third-order valence-corrected chi connectivity index (χ3v) is 3.76. The lowest BCUT2D eigenvalue weighted by atomic mass is 10.0. The molecule has 1 aromatic carbocycles. The number of para-hydroxylation sites is 1. The van der Waals surface area contributed by atoms with Crippen LogP contribution in [0.15, 0.2) is 30.6 Å². The Kier molecular flexibility index (Phi) is 3.23. The average molecular weight is 259 g/mol. The van der Waals surface area contributed by atoms with Gasteiger partial charge in [0.2, 0.25) is 0 Å². The van der Waals surface area contributed by atoms with Crippen LogP contribution in [0.4, 0.5) is 10.1 Å². The van der Waals surface area contributed by atoms with Crippen LogP contribution < -0.4 is 5.32 Å². The summed E-state index contributed by atoms with van der Waals surface area (Å²) < 4.78 is 16.4. The minimum absolute atomic E-state index is 0.475. The van der Waals surface area contributed by atoms with Crippen molar-refractivity contribution in [3.8, 4) is 0 Å². The second kappa shape index (κ2) is 5.03. The molecule has 0 saturated carbocycles. The molecule has 0 fully saturated rings. The van der Waals surface area contributed by atoms with E-state index in [2.05, 4.69) is 16.4 Å². The highest BCUT2D eigenvalue weighted by Crippen LogP contribution is 2.34. The van der Waals surface area contributed by atoms with Crippen molar-refractivity contribution in [1.29, 1.82) is 0 Å². The van der Waals surface area contributed by atoms with Crippen LogP contribution >= 0.6 is 0 Å². The van der Waals surface area contributed by atoms with Crippen molar-refractivity contribution < 1.29 is 4.39 Å². The van der Waals surface area contributed by atoms with Crippen LogP contribution in [0, 0.1) is 0 Å². The fraction of sp³-hybridized carbons (Fsp3) is 0.400. The maximum absolute atomic E-state index is 14.4. The lowest BCUT2D eigenvalue weighted by molar-refractivity contribution is 0.322. The molecule has 1 unspecified atom stereocenters. The highest BCUT2D eigenvalue weighted by atomic mass is 19.1. The number of benzene rings is 1. The molecule has 2 heterocycles. The molecule has 0 saturated heterocycles. The minimum atomic E-state index is -0.933. The maximum atomic E-state index is 14.4. The predicted molar refractivity (Wildman–Crippen MR) is 74.0 cm³/mol. The van der Waals surface area contributed by atoms with E-state index in [4.69, 9.17) is 0 Å². The van der Waals surface area contributed by atoms with Gasteiger partial charge in [-0.15, -0.1) is 0 Å². The van der Waals surface area contributed by atoms with Crippen molar-refractivity contribution in [3.05, 3.63) is 47.5 Å². The summed E-state index contributed by atoms with van der Waals surface area (Å²) in [4.78, 5) is 4.23. The fourth-order valence-electron chi connectivity index (χ4n) is 2.68. The SMILES string of the molecule is Cn1ccnc1CCC(F)c1cccc2c1NCC2. The zero-order chi connectivity index (χ0) is 13.2. The molecule has 2 aromatic rings. The van der Waals surface area contributed by atoms with Gasteiger partial charge in [0.25, 0.3) is 0 Å². The molecule has 3 nitrogen and oxygen atoms in total. The summed E-state index contributed by atoms with van der Waals surface area (Å²) in [7, 11) is 1.94. The molecule has 0 amide bonds. The Hall–Kier alpha value is -1.84. The molecule has 0 aliphatic carbocycles. The molecule has 1 aliphatic heterocycles. The van der Waals surface area contributed by atoms with E-state index in [-0.39, 0.29) is 0 Å². The number of aromatic nitrogens is 2. The molecule has 19 heavy (non-hydrogen) atoms. The van der Waals surface area contributed by atoms with Gasteiger partial charge in [0.1, 0.15) is 12.0 Å². The van der Waals surface area contributed by atoms with Gasteiger partial charge in [0, 0.05) is 43.7 Å². The van der Waals surface area contributed by atoms with Crippen molar-refractivity contribution in [1.82, 2.24) is 9.55 Å². The van der Waals surface area contributed by atoms with E-state index in [1.165, 1.54) is 5.56 Å². The normalized spacial score (nSPS) is 15.1. The van der Waals surface area contributed by atoms with Gasteiger partial charge in [-0.3, -0.25) is 0 Å². The summed E-state index contributed by atoms with van der Waals surface area (Å²) in [5.41, 5.74) is 3.04. The van der Waals surface area contributed by atoms with E-state index in [0.29, 0.717) is 12.8 Å². The molecular weight excluding hydrogens is 241 g/mol. The number of aryl methyl sites for hydroxylation is 2. The number of anilines is 1. The number of nitrogens with one attached hydrogen (secondary N) is 1. The number of hydrogen-bond donors (Lipinski definition) is 1. The molecule has 4 heteroatoms. The van der Waals surface area contributed by atoms with Gasteiger partial charge >= 0.3 is 0 Å². The molecule has 1 atom stereocenters. The molecule has 0 bridgehead atoms. The van der Waals surface area contributed by atoms with Gasteiger partial charge in [-0.2, -0.15) is 0 Å². The Labute approximate surface area is 112 Å². The van der Waals surface area contributed by atoms with Crippen LogP contribution in [-0.2, 0) is 19.9 Å². The summed E-state index contributed by atoms with van der Waals surface area (Å²) >= 11 is 0. The maximum Gasteiger partial charge on any atom is 0.128 e. The number of hydrogen-bond acceptors (Lipinski definition) is 2. The summed E-state index contributed by atoms with van der Waals surface area (Å²) in [5.74, 6) is 0.934. The zero-order valence-corrected chi connectivity index (χ0v) is 11.1. The van der Waals surface area contributed by atoms with Crippen molar-refractivity contribution in [2.75, 3.05) is 11.9 Å². The van der Waals surface area contributed by atoms with Crippen LogP contribution in [0.3, 0.4) is 0 Å². The van der Waals surface area contributed by atoms with E-state index >= 15 is 0 Å². The molecule has 100 valence electrons. The molecule has 1 aromatic heterocycles. The third kappa shape index (κ3) is 2.35. The summed E-state index contributed by atoms with van der Waals surface area (Å²) in [6.45, 7) is 0.915. The number of halogens is 1. The van der Waals surface area contributed by atoms with Crippen LogP contribution in [0.5, 0.6) is 0 Å². The van der Waals surface area contributed by atoms with Crippen LogP contribution in [-0.4, -0.2) is 16.1 Å². The first kappa shape index (κ1) is 12.2. The molecule has 1 N–H and O–H groups in total. The van der Waals surface area contributed by atoms with E-state index in [1.807, 2.05) is 29.9 Å². The smallest absolute Gasteiger partial charge is 0.128 e. The van der Waals surface area contributed by atoms with Crippen molar-refractivity contribution in [3.63, 3.8) is 0 Å². The fourth-order valence-corrected chi connectivity index (χ4v) is 2.68. The minimum Gasteiger partial charge on any atom is -0.384 e. The number of nitrogens with zero attached hydrogens (tertiary/aromatic N) is 2. The molecular formula is C15H18FN3. The Morgan fingerprint density at radius 3 is 3.16 bits per heavy atom.